The van der Waals surface area contributed by atoms with Crippen molar-refractivity contribution in [3.05, 3.63) is 84.4 Å². The minimum absolute atomic E-state index is 0.325. The van der Waals surface area contributed by atoms with Crippen LogP contribution in [0.2, 0.25) is 0 Å². The van der Waals surface area contributed by atoms with Crippen molar-refractivity contribution in [1.82, 2.24) is 9.38 Å². The van der Waals surface area contributed by atoms with E-state index in [1.165, 1.54) is 19.2 Å². The summed E-state index contributed by atoms with van der Waals surface area (Å²) in [4.78, 5) is 16.8. The molecule has 0 saturated heterocycles. The molecule has 0 aliphatic rings. The summed E-state index contributed by atoms with van der Waals surface area (Å²) in [5, 5.41) is 0. The van der Waals surface area contributed by atoms with Gasteiger partial charge in [-0.25, -0.2) is 14.2 Å². The number of methoxy groups -OCH3 is 1. The van der Waals surface area contributed by atoms with Gasteiger partial charge in [-0.1, -0.05) is 42.5 Å². The molecule has 128 valence electrons. The molecule has 0 spiro atoms. The highest BCUT2D eigenvalue weighted by Gasteiger charge is 2.21. The van der Waals surface area contributed by atoms with E-state index in [9.17, 15) is 9.18 Å². The second-order valence-electron chi connectivity index (χ2n) is 5.81. The minimum atomic E-state index is -0.467. The Bertz CT molecular complexity index is 1100. The summed E-state index contributed by atoms with van der Waals surface area (Å²) >= 11 is 0. The second kappa shape index (κ2) is 6.44. The molecular weight excluding hydrogens is 331 g/mol. The summed E-state index contributed by atoms with van der Waals surface area (Å²) in [6.07, 6.45) is 3.36. The number of ether oxygens (including phenoxy) is 1. The summed E-state index contributed by atoms with van der Waals surface area (Å²) in [7, 11) is 1.34. The summed E-state index contributed by atoms with van der Waals surface area (Å²) in [5.74, 6) is -0.792. The van der Waals surface area contributed by atoms with Gasteiger partial charge < -0.3 is 4.74 Å². The van der Waals surface area contributed by atoms with Crippen molar-refractivity contribution in [2.75, 3.05) is 7.11 Å². The van der Waals surface area contributed by atoms with Crippen LogP contribution in [0.4, 0.5) is 4.39 Å². The van der Waals surface area contributed by atoms with Gasteiger partial charge in [-0.15, -0.1) is 0 Å². The first kappa shape index (κ1) is 16.0. The molecular formula is C21H15FN2O2. The number of rotatable bonds is 3. The number of carbonyl (C=O) groups excluding carboxylic acids is 1. The average Bonchev–Trinajstić information content (AvgIpc) is 3.16. The maximum atomic E-state index is 13.8. The lowest BCUT2D eigenvalue weighted by molar-refractivity contribution is 0.0603. The van der Waals surface area contributed by atoms with Crippen LogP contribution in [0.3, 0.4) is 0 Å². The van der Waals surface area contributed by atoms with Crippen molar-refractivity contribution in [1.29, 1.82) is 0 Å². The number of halogens is 1. The standard InChI is InChI=1S/C21H15FN2O2/c1-26-21(25)19-17(14-6-3-2-4-7-14)13-18(24-11-10-23-20(19)24)15-8-5-9-16(22)12-15/h2-13H,1H3. The summed E-state index contributed by atoms with van der Waals surface area (Å²) < 4.78 is 20.5. The zero-order valence-corrected chi connectivity index (χ0v) is 14.0. The first-order chi connectivity index (χ1) is 12.7. The van der Waals surface area contributed by atoms with E-state index in [1.54, 1.807) is 22.9 Å². The van der Waals surface area contributed by atoms with Crippen molar-refractivity contribution in [3.8, 4) is 22.4 Å². The van der Waals surface area contributed by atoms with Crippen molar-refractivity contribution < 1.29 is 13.9 Å². The van der Waals surface area contributed by atoms with E-state index in [1.807, 2.05) is 42.5 Å². The fourth-order valence-corrected chi connectivity index (χ4v) is 3.10. The lowest BCUT2D eigenvalue weighted by Crippen LogP contribution is -2.08. The Hall–Kier alpha value is -3.47. The van der Waals surface area contributed by atoms with Crippen LogP contribution in [0.1, 0.15) is 10.4 Å². The van der Waals surface area contributed by atoms with E-state index in [-0.39, 0.29) is 5.82 Å². The van der Waals surface area contributed by atoms with Gasteiger partial charge in [0.1, 0.15) is 11.4 Å². The topological polar surface area (TPSA) is 43.6 Å². The van der Waals surface area contributed by atoms with Crippen LogP contribution >= 0.6 is 0 Å². The number of esters is 1. The van der Waals surface area contributed by atoms with Crippen LogP contribution in [0.25, 0.3) is 28.0 Å². The van der Waals surface area contributed by atoms with Crippen molar-refractivity contribution in [2.45, 2.75) is 0 Å². The zero-order valence-electron chi connectivity index (χ0n) is 14.0. The molecule has 0 N–H and O–H groups in total. The molecule has 0 saturated carbocycles. The molecule has 0 amide bonds. The average molecular weight is 346 g/mol. The molecule has 2 aromatic carbocycles. The number of pyridine rings is 1. The predicted molar refractivity (Wildman–Crippen MR) is 97.4 cm³/mol. The van der Waals surface area contributed by atoms with Crippen LogP contribution in [0.15, 0.2) is 73.1 Å². The summed E-state index contributed by atoms with van der Waals surface area (Å²) in [6, 6.07) is 17.7. The van der Waals surface area contributed by atoms with Crippen LogP contribution in [-0.2, 0) is 4.74 Å². The molecule has 0 aliphatic heterocycles. The quantitative estimate of drug-likeness (QED) is 0.510. The number of imidazole rings is 1. The highest BCUT2D eigenvalue weighted by Crippen LogP contribution is 2.33. The van der Waals surface area contributed by atoms with Gasteiger partial charge >= 0.3 is 5.97 Å². The lowest BCUT2D eigenvalue weighted by Gasteiger charge is -2.14. The largest absolute Gasteiger partial charge is 0.465 e. The number of benzene rings is 2. The molecule has 0 bridgehead atoms. The van der Waals surface area contributed by atoms with Crippen LogP contribution < -0.4 is 0 Å². The van der Waals surface area contributed by atoms with Gasteiger partial charge in [-0.05, 0) is 23.8 Å². The second-order valence-corrected chi connectivity index (χ2v) is 5.81. The molecule has 0 aliphatic carbocycles. The van der Waals surface area contributed by atoms with Crippen molar-refractivity contribution in [2.24, 2.45) is 0 Å². The number of aromatic nitrogens is 2. The smallest absolute Gasteiger partial charge is 0.342 e. The number of nitrogens with zero attached hydrogens (tertiary/aromatic N) is 2. The number of fused-ring (bicyclic) bond motifs is 1. The zero-order chi connectivity index (χ0) is 18.1. The highest BCUT2D eigenvalue weighted by molar-refractivity contribution is 6.04. The van der Waals surface area contributed by atoms with Crippen molar-refractivity contribution >= 4 is 11.6 Å². The maximum absolute atomic E-state index is 13.8. The van der Waals surface area contributed by atoms with E-state index >= 15 is 0 Å². The van der Waals surface area contributed by atoms with Gasteiger partial charge in [-0.2, -0.15) is 0 Å². The third kappa shape index (κ3) is 2.63. The minimum Gasteiger partial charge on any atom is -0.465 e. The van der Waals surface area contributed by atoms with Gasteiger partial charge in [0.05, 0.1) is 12.8 Å². The van der Waals surface area contributed by atoms with E-state index in [0.29, 0.717) is 22.3 Å². The normalized spacial score (nSPS) is 10.8. The number of hydrogen-bond donors (Lipinski definition) is 0. The van der Waals surface area contributed by atoms with E-state index < -0.39 is 5.97 Å². The molecule has 2 heterocycles. The molecule has 2 aromatic heterocycles. The molecule has 0 unspecified atom stereocenters. The highest BCUT2D eigenvalue weighted by atomic mass is 19.1. The van der Waals surface area contributed by atoms with Gasteiger partial charge in [0, 0.05) is 23.5 Å². The van der Waals surface area contributed by atoms with Crippen LogP contribution in [-0.4, -0.2) is 22.5 Å². The Morgan fingerprint density at radius 1 is 1.04 bits per heavy atom. The Morgan fingerprint density at radius 3 is 2.54 bits per heavy atom. The Labute approximate surface area is 149 Å². The molecule has 0 atom stereocenters. The summed E-state index contributed by atoms with van der Waals surface area (Å²) in [6.45, 7) is 0. The SMILES string of the molecule is COC(=O)c1c(-c2ccccc2)cc(-c2cccc(F)c2)n2ccnc12. The molecule has 4 nitrogen and oxygen atoms in total. The Balaban J connectivity index is 2.09. The number of carbonyl (C=O) groups is 1. The van der Waals surface area contributed by atoms with E-state index in [4.69, 9.17) is 4.74 Å². The molecule has 5 heteroatoms. The molecule has 0 fully saturated rings. The third-order valence-electron chi connectivity index (χ3n) is 4.27. The van der Waals surface area contributed by atoms with Gasteiger partial charge in [0.2, 0.25) is 0 Å². The Morgan fingerprint density at radius 2 is 1.81 bits per heavy atom. The van der Waals surface area contributed by atoms with Gasteiger partial charge in [0.15, 0.2) is 5.65 Å². The maximum Gasteiger partial charge on any atom is 0.342 e. The van der Waals surface area contributed by atoms with E-state index in [0.717, 1.165) is 11.3 Å². The summed E-state index contributed by atoms with van der Waals surface area (Å²) in [5.41, 5.74) is 3.83. The fourth-order valence-electron chi connectivity index (χ4n) is 3.10. The van der Waals surface area contributed by atoms with E-state index in [2.05, 4.69) is 4.98 Å². The molecule has 0 radical (unpaired) electrons. The first-order valence-electron chi connectivity index (χ1n) is 8.09. The van der Waals surface area contributed by atoms with Gasteiger partial charge in [-0.3, -0.25) is 4.40 Å². The fraction of sp³-hybridized carbons (Fsp3) is 0.0476. The molecule has 26 heavy (non-hydrogen) atoms. The Kier molecular flexibility index (Phi) is 3.97. The van der Waals surface area contributed by atoms with Gasteiger partial charge in [0.25, 0.3) is 0 Å². The van der Waals surface area contributed by atoms with Crippen molar-refractivity contribution in [3.63, 3.8) is 0 Å². The third-order valence-corrected chi connectivity index (χ3v) is 4.27. The lowest BCUT2D eigenvalue weighted by atomic mass is 9.98. The molecule has 4 aromatic rings. The predicted octanol–water partition coefficient (Wildman–Crippen LogP) is 4.59. The van der Waals surface area contributed by atoms with Crippen LogP contribution in [0.5, 0.6) is 0 Å². The number of hydrogen-bond acceptors (Lipinski definition) is 3. The monoisotopic (exact) mass is 346 g/mol. The first-order valence-corrected chi connectivity index (χ1v) is 8.09. The molecule has 4 rings (SSSR count). The van der Waals surface area contributed by atoms with Crippen LogP contribution in [0, 0.1) is 5.82 Å².